The van der Waals surface area contributed by atoms with Gasteiger partial charge in [0.1, 0.15) is 0 Å². The van der Waals surface area contributed by atoms with Gasteiger partial charge in [0.05, 0.1) is 37.1 Å². The van der Waals surface area contributed by atoms with Crippen LogP contribution in [0.2, 0.25) is 0 Å². The third-order valence-electron chi connectivity index (χ3n) is 4.89. The Hall–Kier alpha value is -3.37. The summed E-state index contributed by atoms with van der Waals surface area (Å²) in [5.74, 6) is 0.332. The van der Waals surface area contributed by atoms with Crippen molar-refractivity contribution in [2.75, 3.05) is 45.3 Å². The highest BCUT2D eigenvalue weighted by atomic mass is 32.1. The molecule has 0 bridgehead atoms. The van der Waals surface area contributed by atoms with Gasteiger partial charge in [-0.2, -0.15) is 0 Å². The Balaban J connectivity index is 1.41. The number of urea groups is 1. The van der Waals surface area contributed by atoms with Gasteiger partial charge >= 0.3 is 6.03 Å². The largest absolute Gasteiger partial charge is 0.504 e. The van der Waals surface area contributed by atoms with E-state index in [2.05, 4.69) is 15.6 Å². The van der Waals surface area contributed by atoms with Gasteiger partial charge in [0.15, 0.2) is 16.6 Å². The molecule has 2 heterocycles. The number of nitrogens with zero attached hydrogens (tertiary/aromatic N) is 2. The second kappa shape index (κ2) is 9.19. The number of amides is 3. The van der Waals surface area contributed by atoms with Crippen LogP contribution < -0.4 is 15.4 Å². The van der Waals surface area contributed by atoms with E-state index in [-0.39, 0.29) is 18.2 Å². The van der Waals surface area contributed by atoms with Gasteiger partial charge in [0.2, 0.25) is 5.91 Å². The molecule has 10 heteroatoms. The quantitative estimate of drug-likeness (QED) is 0.560. The number of nitrogens with one attached hydrogen (secondary N) is 2. The molecule has 3 aromatic rings. The number of carbonyl (C=O) groups excluding carboxylic acids is 2. The summed E-state index contributed by atoms with van der Waals surface area (Å²) in [5, 5.41) is 15.5. The van der Waals surface area contributed by atoms with Gasteiger partial charge in [-0.15, -0.1) is 0 Å². The lowest BCUT2D eigenvalue weighted by atomic mass is 10.1. The molecule has 0 aliphatic carbocycles. The number of hydrogen-bond donors (Lipinski definition) is 3. The topological polar surface area (TPSA) is 113 Å². The summed E-state index contributed by atoms with van der Waals surface area (Å²) in [5.41, 5.74) is 2.57. The van der Waals surface area contributed by atoms with Crippen LogP contribution in [0.3, 0.4) is 0 Å². The Morgan fingerprint density at radius 3 is 2.71 bits per heavy atom. The molecule has 31 heavy (non-hydrogen) atoms. The van der Waals surface area contributed by atoms with E-state index in [1.165, 1.54) is 18.4 Å². The molecule has 2 aromatic carbocycles. The van der Waals surface area contributed by atoms with Crippen LogP contribution in [0.25, 0.3) is 21.3 Å². The smallest absolute Gasteiger partial charge is 0.321 e. The van der Waals surface area contributed by atoms with Gasteiger partial charge in [0, 0.05) is 13.1 Å². The minimum atomic E-state index is -0.482. The normalized spacial score (nSPS) is 13.8. The number of rotatable bonds is 5. The zero-order valence-corrected chi connectivity index (χ0v) is 17.7. The van der Waals surface area contributed by atoms with Crippen LogP contribution >= 0.6 is 11.3 Å². The number of phenolic OH excluding ortho intramolecular Hbond substituents is 1. The van der Waals surface area contributed by atoms with E-state index in [0.29, 0.717) is 37.2 Å². The Kier molecular flexibility index (Phi) is 6.19. The standard InChI is InChI=1S/C21H22N4O5S/c1-29-17-10-13(3-5-16(17)26)14-2-4-15-18(11-14)31-21(23-15)24-20(28)22-12-19(27)25-6-8-30-9-7-25/h2-5,10-11,26H,6-9,12H2,1H3,(H2,22,23,24,28). The van der Waals surface area contributed by atoms with E-state index >= 15 is 0 Å². The molecule has 0 saturated carbocycles. The van der Waals surface area contributed by atoms with Gasteiger partial charge in [-0.3, -0.25) is 10.1 Å². The number of methoxy groups -OCH3 is 1. The maximum atomic E-state index is 12.2. The average molecular weight is 442 g/mol. The predicted octanol–water partition coefficient (Wildman–Crippen LogP) is 2.66. The maximum Gasteiger partial charge on any atom is 0.321 e. The number of carbonyl (C=O) groups is 2. The molecule has 0 atom stereocenters. The zero-order chi connectivity index (χ0) is 21.8. The minimum absolute atomic E-state index is 0.0784. The first kappa shape index (κ1) is 20.9. The molecule has 1 aliphatic heterocycles. The minimum Gasteiger partial charge on any atom is -0.504 e. The van der Waals surface area contributed by atoms with Crippen LogP contribution in [0.5, 0.6) is 11.5 Å². The van der Waals surface area contributed by atoms with Crippen LogP contribution in [-0.4, -0.2) is 66.9 Å². The van der Waals surface area contributed by atoms with Crippen molar-refractivity contribution in [1.29, 1.82) is 0 Å². The fraction of sp³-hybridized carbons (Fsp3) is 0.286. The number of thiazole rings is 1. The third kappa shape index (κ3) is 4.86. The Labute approximate surface area is 182 Å². The molecule has 3 N–H and O–H groups in total. The molecular formula is C21H22N4O5S. The molecule has 1 aromatic heterocycles. The number of benzene rings is 2. The van der Waals surface area contributed by atoms with Crippen LogP contribution in [0, 0.1) is 0 Å². The summed E-state index contributed by atoms with van der Waals surface area (Å²) in [6, 6.07) is 10.4. The van der Waals surface area contributed by atoms with Crippen molar-refractivity contribution >= 4 is 38.6 Å². The molecule has 3 amide bonds. The lowest BCUT2D eigenvalue weighted by Crippen LogP contribution is -2.46. The SMILES string of the molecule is COc1cc(-c2ccc3nc(NC(=O)NCC(=O)N4CCOCC4)sc3c2)ccc1O. The second-order valence-electron chi connectivity index (χ2n) is 6.89. The predicted molar refractivity (Wildman–Crippen MR) is 118 cm³/mol. The van der Waals surface area contributed by atoms with Crippen molar-refractivity contribution < 1.29 is 24.2 Å². The van der Waals surface area contributed by atoms with Gasteiger partial charge in [-0.1, -0.05) is 23.5 Å². The summed E-state index contributed by atoms with van der Waals surface area (Å²) in [6.07, 6.45) is 0. The fourth-order valence-corrected chi connectivity index (χ4v) is 4.14. The number of hydrogen-bond acceptors (Lipinski definition) is 7. The van der Waals surface area contributed by atoms with Gasteiger partial charge < -0.3 is 24.8 Å². The van der Waals surface area contributed by atoms with E-state index < -0.39 is 6.03 Å². The number of phenols is 1. The molecule has 1 saturated heterocycles. The molecular weight excluding hydrogens is 420 g/mol. The van der Waals surface area contributed by atoms with Crippen LogP contribution in [0.15, 0.2) is 36.4 Å². The lowest BCUT2D eigenvalue weighted by molar-refractivity contribution is -0.134. The summed E-state index contributed by atoms with van der Waals surface area (Å²) in [7, 11) is 1.50. The molecule has 0 spiro atoms. The maximum absolute atomic E-state index is 12.2. The van der Waals surface area contributed by atoms with Crippen molar-refractivity contribution in [2.45, 2.75) is 0 Å². The first-order chi connectivity index (χ1) is 15.0. The Bertz CT molecular complexity index is 1110. The highest BCUT2D eigenvalue weighted by Crippen LogP contribution is 2.34. The van der Waals surface area contributed by atoms with E-state index in [4.69, 9.17) is 9.47 Å². The van der Waals surface area contributed by atoms with Crippen LogP contribution in [0.4, 0.5) is 9.93 Å². The van der Waals surface area contributed by atoms with Crippen molar-refractivity contribution in [2.24, 2.45) is 0 Å². The van der Waals surface area contributed by atoms with E-state index in [1.807, 2.05) is 18.2 Å². The molecule has 9 nitrogen and oxygen atoms in total. The van der Waals surface area contributed by atoms with Crippen molar-refractivity contribution in [3.05, 3.63) is 36.4 Å². The fourth-order valence-electron chi connectivity index (χ4n) is 3.24. The van der Waals surface area contributed by atoms with Crippen molar-refractivity contribution in [1.82, 2.24) is 15.2 Å². The van der Waals surface area contributed by atoms with Gasteiger partial charge in [0.25, 0.3) is 0 Å². The molecule has 1 aliphatic rings. The number of aromatic hydroxyl groups is 1. The molecule has 4 rings (SSSR count). The Morgan fingerprint density at radius 2 is 1.94 bits per heavy atom. The van der Waals surface area contributed by atoms with E-state index in [0.717, 1.165) is 21.3 Å². The highest BCUT2D eigenvalue weighted by Gasteiger charge is 2.17. The summed E-state index contributed by atoms with van der Waals surface area (Å²) in [4.78, 5) is 30.4. The first-order valence-electron chi connectivity index (χ1n) is 9.72. The summed E-state index contributed by atoms with van der Waals surface area (Å²) in [6.45, 7) is 2.03. The van der Waals surface area contributed by atoms with Crippen LogP contribution in [0.1, 0.15) is 0 Å². The van der Waals surface area contributed by atoms with Crippen molar-refractivity contribution in [3.8, 4) is 22.6 Å². The Morgan fingerprint density at radius 1 is 1.19 bits per heavy atom. The van der Waals surface area contributed by atoms with Gasteiger partial charge in [-0.25, -0.2) is 9.78 Å². The van der Waals surface area contributed by atoms with Crippen LogP contribution in [-0.2, 0) is 9.53 Å². The van der Waals surface area contributed by atoms with Crippen molar-refractivity contribution in [3.63, 3.8) is 0 Å². The third-order valence-corrected chi connectivity index (χ3v) is 5.82. The van der Waals surface area contributed by atoms with E-state index in [9.17, 15) is 14.7 Å². The first-order valence-corrected chi connectivity index (χ1v) is 10.5. The monoisotopic (exact) mass is 442 g/mol. The van der Waals surface area contributed by atoms with E-state index in [1.54, 1.807) is 23.1 Å². The summed E-state index contributed by atoms with van der Waals surface area (Å²) < 4.78 is 11.3. The second-order valence-corrected chi connectivity index (χ2v) is 7.92. The number of ether oxygens (including phenoxy) is 2. The molecule has 162 valence electrons. The number of morpholine rings is 1. The number of fused-ring (bicyclic) bond motifs is 1. The van der Waals surface area contributed by atoms with Gasteiger partial charge in [-0.05, 0) is 35.4 Å². The molecule has 1 fully saturated rings. The average Bonchev–Trinajstić information content (AvgIpc) is 3.19. The summed E-state index contributed by atoms with van der Waals surface area (Å²) >= 11 is 1.33. The number of aromatic nitrogens is 1. The molecule has 0 radical (unpaired) electrons. The highest BCUT2D eigenvalue weighted by molar-refractivity contribution is 7.22. The molecule has 0 unspecified atom stereocenters. The zero-order valence-electron chi connectivity index (χ0n) is 16.9. The number of anilines is 1. The lowest BCUT2D eigenvalue weighted by Gasteiger charge is -2.26.